The summed E-state index contributed by atoms with van der Waals surface area (Å²) in [5.41, 5.74) is 0.532. The van der Waals surface area contributed by atoms with Crippen LogP contribution in [0, 0.1) is 0 Å². The molecule has 1 heterocycles. The molecule has 1 aromatic carbocycles. The molecule has 1 N–H and O–H groups in total. The second-order valence-corrected chi connectivity index (χ2v) is 3.50. The van der Waals surface area contributed by atoms with Gasteiger partial charge in [0.25, 0.3) is 5.89 Å². The molecule has 0 spiro atoms. The molecule has 0 fully saturated rings. The van der Waals surface area contributed by atoms with Gasteiger partial charge in [-0.15, -0.1) is 0 Å². The molecule has 1 aromatic heterocycles. The van der Waals surface area contributed by atoms with Gasteiger partial charge in [-0.3, -0.25) is 0 Å². The van der Waals surface area contributed by atoms with Crippen molar-refractivity contribution < 1.29 is 19.2 Å². The van der Waals surface area contributed by atoms with Crippen LogP contribution in [0.4, 0.5) is 0 Å². The minimum Gasteiger partial charge on any atom is -0.478 e. The first-order valence-corrected chi connectivity index (χ1v) is 5.45. The van der Waals surface area contributed by atoms with Crippen LogP contribution in [-0.4, -0.2) is 27.8 Å². The minimum atomic E-state index is -1.03. The van der Waals surface area contributed by atoms with Crippen LogP contribution in [0.2, 0.25) is 0 Å². The summed E-state index contributed by atoms with van der Waals surface area (Å²) >= 11 is 0. The summed E-state index contributed by atoms with van der Waals surface area (Å²) in [5, 5.41) is 12.8. The molecule has 0 unspecified atom stereocenters. The summed E-state index contributed by atoms with van der Waals surface area (Å²) in [6.07, 6.45) is 0. The first-order valence-electron chi connectivity index (χ1n) is 5.45. The Morgan fingerprint density at radius 1 is 1.44 bits per heavy atom. The van der Waals surface area contributed by atoms with Gasteiger partial charge in [0, 0.05) is 6.61 Å². The van der Waals surface area contributed by atoms with E-state index in [1.165, 1.54) is 6.07 Å². The molecule has 0 aliphatic heterocycles. The summed E-state index contributed by atoms with van der Waals surface area (Å²) in [4.78, 5) is 15.2. The number of rotatable bonds is 5. The Hall–Kier alpha value is -2.21. The quantitative estimate of drug-likeness (QED) is 0.870. The van der Waals surface area contributed by atoms with E-state index < -0.39 is 5.97 Å². The third-order valence-corrected chi connectivity index (χ3v) is 2.29. The van der Waals surface area contributed by atoms with Crippen molar-refractivity contribution in [3.05, 3.63) is 35.7 Å². The molecule has 6 heteroatoms. The number of hydrogen-bond donors (Lipinski definition) is 1. The summed E-state index contributed by atoms with van der Waals surface area (Å²) < 4.78 is 10.2. The van der Waals surface area contributed by atoms with Gasteiger partial charge in [0.05, 0.1) is 11.1 Å². The minimum absolute atomic E-state index is 0.129. The van der Waals surface area contributed by atoms with Crippen molar-refractivity contribution in [1.29, 1.82) is 0 Å². The van der Waals surface area contributed by atoms with Crippen LogP contribution >= 0.6 is 0 Å². The first-order chi connectivity index (χ1) is 8.72. The van der Waals surface area contributed by atoms with E-state index in [2.05, 4.69) is 10.1 Å². The molecule has 0 radical (unpaired) electrons. The smallest absolute Gasteiger partial charge is 0.336 e. The van der Waals surface area contributed by atoms with Crippen LogP contribution in [0.5, 0.6) is 0 Å². The normalized spacial score (nSPS) is 10.5. The largest absolute Gasteiger partial charge is 0.478 e. The van der Waals surface area contributed by atoms with Crippen molar-refractivity contribution in [1.82, 2.24) is 10.1 Å². The summed E-state index contributed by atoms with van der Waals surface area (Å²) in [6.45, 7) is 2.66. The van der Waals surface area contributed by atoms with E-state index in [4.69, 9.17) is 14.4 Å². The molecule has 18 heavy (non-hydrogen) atoms. The Morgan fingerprint density at radius 2 is 2.22 bits per heavy atom. The molecule has 0 bridgehead atoms. The van der Waals surface area contributed by atoms with Crippen molar-refractivity contribution in [2.24, 2.45) is 0 Å². The number of aromatic nitrogens is 2. The molecule has 0 atom stereocenters. The van der Waals surface area contributed by atoms with Crippen molar-refractivity contribution in [2.45, 2.75) is 13.5 Å². The van der Waals surface area contributed by atoms with E-state index in [0.717, 1.165) is 0 Å². The second-order valence-electron chi connectivity index (χ2n) is 3.50. The molecule has 94 valence electrons. The highest BCUT2D eigenvalue weighted by Crippen LogP contribution is 2.21. The zero-order valence-corrected chi connectivity index (χ0v) is 9.79. The average Bonchev–Trinajstić information content (AvgIpc) is 2.85. The molecular formula is C12H12N2O4. The van der Waals surface area contributed by atoms with Crippen molar-refractivity contribution >= 4 is 5.97 Å². The van der Waals surface area contributed by atoms with Crippen molar-refractivity contribution in [3.63, 3.8) is 0 Å². The van der Waals surface area contributed by atoms with Gasteiger partial charge in [-0.05, 0) is 19.1 Å². The highest BCUT2D eigenvalue weighted by Gasteiger charge is 2.16. The Labute approximate surface area is 103 Å². The number of aromatic carboxylic acids is 1. The van der Waals surface area contributed by atoms with Gasteiger partial charge in [0.1, 0.15) is 6.61 Å². The van der Waals surface area contributed by atoms with Crippen LogP contribution < -0.4 is 0 Å². The lowest BCUT2D eigenvalue weighted by Gasteiger charge is -1.99. The predicted molar refractivity (Wildman–Crippen MR) is 62.0 cm³/mol. The lowest BCUT2D eigenvalue weighted by atomic mass is 10.1. The number of nitrogens with zero attached hydrogens (tertiary/aromatic N) is 2. The molecule has 0 saturated carbocycles. The number of carbonyl (C=O) groups is 1. The Bertz CT molecular complexity index is 551. The summed E-state index contributed by atoms with van der Waals surface area (Å²) in [7, 11) is 0. The molecular weight excluding hydrogens is 236 g/mol. The summed E-state index contributed by atoms with van der Waals surface area (Å²) in [6, 6.07) is 6.48. The number of ether oxygens (including phenoxy) is 1. The number of carboxylic acids is 1. The summed E-state index contributed by atoms with van der Waals surface area (Å²) in [5.74, 6) is -0.454. The van der Waals surface area contributed by atoms with Crippen molar-refractivity contribution in [2.75, 3.05) is 6.61 Å². The van der Waals surface area contributed by atoms with E-state index in [1.54, 1.807) is 18.2 Å². The fourth-order valence-corrected chi connectivity index (χ4v) is 1.47. The fourth-order valence-electron chi connectivity index (χ4n) is 1.47. The van der Waals surface area contributed by atoms with Crippen LogP contribution in [0.25, 0.3) is 11.5 Å². The lowest BCUT2D eigenvalue weighted by Crippen LogP contribution is -1.99. The SMILES string of the molecule is CCOCc1noc(-c2ccccc2C(=O)O)n1. The highest BCUT2D eigenvalue weighted by atomic mass is 16.5. The first kappa shape index (κ1) is 12.3. The van der Waals surface area contributed by atoms with E-state index in [-0.39, 0.29) is 18.1 Å². The number of carboxylic acid groups (broad SMARTS) is 1. The van der Waals surface area contributed by atoms with E-state index in [1.807, 2.05) is 6.92 Å². The molecule has 2 rings (SSSR count). The molecule has 2 aromatic rings. The van der Waals surface area contributed by atoms with E-state index in [9.17, 15) is 4.79 Å². The standard InChI is InChI=1S/C12H12N2O4/c1-2-17-7-10-13-11(18-14-10)8-5-3-4-6-9(8)12(15)16/h3-6H,2,7H2,1H3,(H,15,16). The third kappa shape index (κ3) is 2.54. The topological polar surface area (TPSA) is 85.5 Å². The van der Waals surface area contributed by atoms with Crippen LogP contribution in [0.3, 0.4) is 0 Å². The van der Waals surface area contributed by atoms with Gasteiger partial charge in [-0.25, -0.2) is 4.79 Å². The Morgan fingerprint density at radius 3 is 2.94 bits per heavy atom. The van der Waals surface area contributed by atoms with Crippen LogP contribution in [-0.2, 0) is 11.3 Å². The fraction of sp³-hybridized carbons (Fsp3) is 0.250. The maximum Gasteiger partial charge on any atom is 0.336 e. The maximum absolute atomic E-state index is 11.1. The van der Waals surface area contributed by atoms with Gasteiger partial charge in [0.15, 0.2) is 5.82 Å². The Kier molecular flexibility index (Phi) is 3.69. The molecule has 0 aliphatic carbocycles. The number of benzene rings is 1. The van der Waals surface area contributed by atoms with Crippen molar-refractivity contribution in [3.8, 4) is 11.5 Å². The average molecular weight is 248 g/mol. The zero-order valence-electron chi connectivity index (χ0n) is 9.79. The monoisotopic (exact) mass is 248 g/mol. The van der Waals surface area contributed by atoms with Gasteiger partial charge in [-0.2, -0.15) is 4.98 Å². The maximum atomic E-state index is 11.1. The molecule has 0 saturated heterocycles. The second kappa shape index (κ2) is 5.42. The van der Waals surface area contributed by atoms with Crippen LogP contribution in [0.15, 0.2) is 28.8 Å². The molecule has 0 aliphatic rings. The predicted octanol–water partition coefficient (Wildman–Crippen LogP) is 1.97. The van der Waals surface area contributed by atoms with Gasteiger partial charge >= 0.3 is 5.97 Å². The van der Waals surface area contributed by atoms with Gasteiger partial charge in [-0.1, -0.05) is 17.3 Å². The molecule has 0 amide bonds. The Balaban J connectivity index is 2.31. The third-order valence-electron chi connectivity index (χ3n) is 2.29. The highest BCUT2D eigenvalue weighted by molar-refractivity contribution is 5.94. The van der Waals surface area contributed by atoms with E-state index in [0.29, 0.717) is 18.0 Å². The van der Waals surface area contributed by atoms with E-state index >= 15 is 0 Å². The lowest BCUT2D eigenvalue weighted by molar-refractivity contribution is 0.0697. The number of hydrogen-bond acceptors (Lipinski definition) is 5. The van der Waals surface area contributed by atoms with Crippen LogP contribution in [0.1, 0.15) is 23.1 Å². The zero-order chi connectivity index (χ0) is 13.0. The van der Waals surface area contributed by atoms with Gasteiger partial charge < -0.3 is 14.4 Å². The van der Waals surface area contributed by atoms with Gasteiger partial charge in [0.2, 0.25) is 0 Å². The molecule has 6 nitrogen and oxygen atoms in total.